The van der Waals surface area contributed by atoms with Gasteiger partial charge in [-0.05, 0) is 19.4 Å². The third kappa shape index (κ3) is 2.56. The first kappa shape index (κ1) is 9.75. The van der Waals surface area contributed by atoms with Gasteiger partial charge in [-0.3, -0.25) is 4.79 Å². The molecule has 13 heavy (non-hydrogen) atoms. The molecule has 4 heteroatoms. The minimum absolute atomic E-state index is 0.0905. The quantitative estimate of drug-likeness (QED) is 0.586. The van der Waals surface area contributed by atoms with Crippen molar-refractivity contribution in [2.24, 2.45) is 0 Å². The molecular weight excluding hydrogens is 168 g/mol. The van der Waals surface area contributed by atoms with Crippen LogP contribution in [0.15, 0.2) is 12.3 Å². The number of rotatable bonds is 2. The van der Waals surface area contributed by atoms with Gasteiger partial charge in [-0.2, -0.15) is 5.26 Å². The molecule has 0 fully saturated rings. The van der Waals surface area contributed by atoms with Gasteiger partial charge in [0.2, 0.25) is 0 Å². The maximum atomic E-state index is 10.9. The zero-order valence-electron chi connectivity index (χ0n) is 7.56. The second-order valence-corrected chi connectivity index (χ2v) is 2.73. The predicted molar refractivity (Wildman–Crippen MR) is 46.5 cm³/mol. The molecule has 0 aromatic rings. The Morgan fingerprint density at radius 3 is 3.08 bits per heavy atom. The SMILES string of the molecule is CCO[C@H]1C=CN(C(=O)C#N)CC1. The number of hydrogen-bond donors (Lipinski definition) is 0. The summed E-state index contributed by atoms with van der Waals surface area (Å²) in [5.41, 5.74) is 0. The molecule has 1 heterocycles. The fourth-order valence-electron chi connectivity index (χ4n) is 1.22. The van der Waals surface area contributed by atoms with E-state index in [0.717, 1.165) is 6.42 Å². The van der Waals surface area contributed by atoms with Gasteiger partial charge >= 0.3 is 5.91 Å². The van der Waals surface area contributed by atoms with Gasteiger partial charge in [-0.1, -0.05) is 0 Å². The van der Waals surface area contributed by atoms with Crippen LogP contribution in [0.25, 0.3) is 0 Å². The second kappa shape index (κ2) is 4.63. The van der Waals surface area contributed by atoms with Gasteiger partial charge in [0, 0.05) is 19.4 Å². The lowest BCUT2D eigenvalue weighted by Gasteiger charge is -2.23. The van der Waals surface area contributed by atoms with Crippen LogP contribution in [0, 0.1) is 11.3 Å². The van der Waals surface area contributed by atoms with Gasteiger partial charge in [0.1, 0.15) is 0 Å². The van der Waals surface area contributed by atoms with E-state index in [1.165, 1.54) is 4.90 Å². The smallest absolute Gasteiger partial charge is 0.328 e. The Labute approximate surface area is 77.4 Å². The first-order chi connectivity index (χ1) is 6.27. The van der Waals surface area contributed by atoms with Crippen molar-refractivity contribution >= 4 is 5.91 Å². The summed E-state index contributed by atoms with van der Waals surface area (Å²) in [5, 5.41) is 8.35. The summed E-state index contributed by atoms with van der Waals surface area (Å²) < 4.78 is 5.34. The fourth-order valence-corrected chi connectivity index (χ4v) is 1.22. The van der Waals surface area contributed by atoms with Gasteiger partial charge in [0.25, 0.3) is 0 Å². The first-order valence-corrected chi connectivity index (χ1v) is 4.28. The highest BCUT2D eigenvalue weighted by Gasteiger charge is 2.17. The van der Waals surface area contributed by atoms with E-state index in [1.54, 1.807) is 12.3 Å². The minimum atomic E-state index is -0.508. The van der Waals surface area contributed by atoms with Crippen molar-refractivity contribution in [1.82, 2.24) is 4.90 Å². The van der Waals surface area contributed by atoms with Crippen LogP contribution >= 0.6 is 0 Å². The Bertz CT molecular complexity index is 255. The van der Waals surface area contributed by atoms with E-state index < -0.39 is 5.91 Å². The molecule has 1 amide bonds. The highest BCUT2D eigenvalue weighted by Crippen LogP contribution is 2.10. The van der Waals surface area contributed by atoms with E-state index in [9.17, 15) is 4.79 Å². The van der Waals surface area contributed by atoms with Gasteiger partial charge < -0.3 is 9.64 Å². The average molecular weight is 180 g/mol. The number of amides is 1. The lowest BCUT2D eigenvalue weighted by atomic mass is 10.2. The minimum Gasteiger partial charge on any atom is -0.374 e. The number of nitrogens with zero attached hydrogens (tertiary/aromatic N) is 2. The maximum Gasteiger partial charge on any atom is 0.328 e. The number of ether oxygens (including phenoxy) is 1. The number of nitriles is 1. The highest BCUT2D eigenvalue weighted by atomic mass is 16.5. The molecule has 0 saturated heterocycles. The molecule has 1 aliphatic rings. The third-order valence-corrected chi connectivity index (χ3v) is 1.87. The molecular formula is C9H12N2O2. The summed E-state index contributed by atoms with van der Waals surface area (Å²) in [4.78, 5) is 12.3. The van der Waals surface area contributed by atoms with Gasteiger partial charge in [-0.25, -0.2) is 0 Å². The van der Waals surface area contributed by atoms with Crippen LogP contribution in [0.1, 0.15) is 13.3 Å². The van der Waals surface area contributed by atoms with Crippen molar-refractivity contribution in [3.8, 4) is 6.07 Å². The zero-order chi connectivity index (χ0) is 9.68. The maximum absolute atomic E-state index is 10.9. The van der Waals surface area contributed by atoms with E-state index in [1.807, 2.05) is 13.0 Å². The molecule has 0 aliphatic carbocycles. The molecule has 0 radical (unpaired) electrons. The molecule has 1 rings (SSSR count). The Kier molecular flexibility index (Phi) is 3.47. The van der Waals surface area contributed by atoms with E-state index in [4.69, 9.17) is 10.00 Å². The molecule has 1 aliphatic heterocycles. The zero-order valence-corrected chi connectivity index (χ0v) is 7.56. The van der Waals surface area contributed by atoms with E-state index in [-0.39, 0.29) is 6.10 Å². The number of carbonyl (C=O) groups excluding carboxylic acids is 1. The van der Waals surface area contributed by atoms with Crippen molar-refractivity contribution in [1.29, 1.82) is 5.26 Å². The Morgan fingerprint density at radius 2 is 2.62 bits per heavy atom. The molecule has 1 atom stereocenters. The fraction of sp³-hybridized carbons (Fsp3) is 0.556. The van der Waals surface area contributed by atoms with E-state index >= 15 is 0 Å². The van der Waals surface area contributed by atoms with Crippen molar-refractivity contribution in [2.45, 2.75) is 19.4 Å². The van der Waals surface area contributed by atoms with Crippen molar-refractivity contribution in [2.75, 3.05) is 13.2 Å². The average Bonchev–Trinajstić information content (AvgIpc) is 2.18. The molecule has 4 nitrogen and oxygen atoms in total. The molecule has 0 saturated carbocycles. The summed E-state index contributed by atoms with van der Waals surface area (Å²) in [6.07, 6.45) is 4.28. The Balaban J connectivity index is 2.48. The lowest BCUT2D eigenvalue weighted by Crippen LogP contribution is -2.32. The Morgan fingerprint density at radius 1 is 1.85 bits per heavy atom. The van der Waals surface area contributed by atoms with Crippen molar-refractivity contribution in [3.63, 3.8) is 0 Å². The lowest BCUT2D eigenvalue weighted by molar-refractivity contribution is -0.123. The monoisotopic (exact) mass is 180 g/mol. The summed E-state index contributed by atoms with van der Waals surface area (Å²) in [6.45, 7) is 3.16. The van der Waals surface area contributed by atoms with Crippen LogP contribution in [0.4, 0.5) is 0 Å². The van der Waals surface area contributed by atoms with Crippen LogP contribution in [-0.4, -0.2) is 30.1 Å². The Hall–Kier alpha value is -1.34. The van der Waals surface area contributed by atoms with E-state index in [2.05, 4.69) is 0 Å². The van der Waals surface area contributed by atoms with Gasteiger partial charge in [0.15, 0.2) is 6.07 Å². The van der Waals surface area contributed by atoms with Crippen LogP contribution in [0.2, 0.25) is 0 Å². The number of hydrogen-bond acceptors (Lipinski definition) is 3. The first-order valence-electron chi connectivity index (χ1n) is 4.28. The normalized spacial score (nSPS) is 21.2. The van der Waals surface area contributed by atoms with Gasteiger partial charge in [0.05, 0.1) is 6.10 Å². The standard InChI is InChI=1S/C9H12N2O2/c1-2-13-8-3-5-11(6-4-8)9(12)7-10/h3,5,8H,2,4,6H2,1H3/t8-/m0/s1. The summed E-state index contributed by atoms with van der Waals surface area (Å²) >= 11 is 0. The van der Waals surface area contributed by atoms with Crippen LogP contribution in [0.5, 0.6) is 0 Å². The predicted octanol–water partition coefficient (Wildman–Crippen LogP) is 0.661. The van der Waals surface area contributed by atoms with Crippen LogP contribution in [0.3, 0.4) is 0 Å². The second-order valence-electron chi connectivity index (χ2n) is 2.73. The largest absolute Gasteiger partial charge is 0.374 e. The molecule has 0 N–H and O–H groups in total. The molecule has 0 unspecified atom stereocenters. The summed E-state index contributed by atoms with van der Waals surface area (Å²) in [7, 11) is 0. The molecule has 0 aromatic carbocycles. The summed E-state index contributed by atoms with van der Waals surface area (Å²) in [5.74, 6) is -0.508. The molecule has 0 bridgehead atoms. The van der Waals surface area contributed by atoms with Crippen LogP contribution < -0.4 is 0 Å². The molecule has 0 spiro atoms. The van der Waals surface area contributed by atoms with Crippen LogP contribution in [-0.2, 0) is 9.53 Å². The van der Waals surface area contributed by atoms with Crippen molar-refractivity contribution in [3.05, 3.63) is 12.3 Å². The summed E-state index contributed by atoms with van der Waals surface area (Å²) in [6, 6.07) is 1.58. The highest BCUT2D eigenvalue weighted by molar-refractivity contribution is 5.92. The molecule has 70 valence electrons. The number of carbonyl (C=O) groups is 1. The van der Waals surface area contributed by atoms with Crippen molar-refractivity contribution < 1.29 is 9.53 Å². The van der Waals surface area contributed by atoms with Gasteiger partial charge in [-0.15, -0.1) is 0 Å². The topological polar surface area (TPSA) is 53.3 Å². The van der Waals surface area contributed by atoms with E-state index in [0.29, 0.717) is 13.2 Å². The third-order valence-electron chi connectivity index (χ3n) is 1.87. The molecule has 0 aromatic heterocycles.